The molecule has 0 aromatic carbocycles. The molecule has 0 heterocycles. The Morgan fingerprint density at radius 1 is 1.32 bits per heavy atom. The van der Waals surface area contributed by atoms with Gasteiger partial charge in [-0.25, -0.2) is 4.79 Å². The fourth-order valence-electron chi connectivity index (χ4n) is 3.26. The van der Waals surface area contributed by atoms with Gasteiger partial charge in [0.05, 0.1) is 6.42 Å². The monoisotopic (exact) mass is 268 g/mol. The molecule has 2 rings (SSSR count). The Hall–Kier alpha value is -1.26. The maximum atomic E-state index is 11.8. The lowest BCUT2D eigenvalue weighted by atomic mass is 9.66. The second-order valence-corrected chi connectivity index (χ2v) is 6.37. The van der Waals surface area contributed by atoms with Crippen LogP contribution in [0, 0.1) is 11.3 Å². The Balaban J connectivity index is 1.72. The van der Waals surface area contributed by atoms with E-state index in [4.69, 9.17) is 5.11 Å². The van der Waals surface area contributed by atoms with E-state index in [-0.39, 0.29) is 23.9 Å². The molecule has 0 saturated heterocycles. The van der Waals surface area contributed by atoms with Crippen molar-refractivity contribution in [2.45, 2.75) is 57.9 Å². The van der Waals surface area contributed by atoms with Gasteiger partial charge in [0.15, 0.2) is 0 Å². The van der Waals surface area contributed by atoms with Crippen molar-refractivity contribution in [2.75, 3.05) is 6.54 Å². The molecule has 0 aromatic heterocycles. The van der Waals surface area contributed by atoms with E-state index in [1.54, 1.807) is 0 Å². The molecule has 2 aliphatic carbocycles. The maximum Gasteiger partial charge on any atom is 0.315 e. The average molecular weight is 268 g/mol. The van der Waals surface area contributed by atoms with E-state index >= 15 is 0 Å². The number of rotatable bonds is 5. The summed E-state index contributed by atoms with van der Waals surface area (Å²) in [5.74, 6) is -0.0817. The van der Waals surface area contributed by atoms with Gasteiger partial charge in [0.2, 0.25) is 0 Å². The molecule has 108 valence electrons. The first kappa shape index (κ1) is 14.2. The number of nitrogens with one attached hydrogen (secondary N) is 2. The lowest BCUT2D eigenvalue weighted by molar-refractivity contribution is -0.141. The maximum absolute atomic E-state index is 11.8. The van der Waals surface area contributed by atoms with Gasteiger partial charge in [-0.15, -0.1) is 0 Å². The quantitative estimate of drug-likeness (QED) is 0.714. The van der Waals surface area contributed by atoms with E-state index in [9.17, 15) is 9.59 Å². The topological polar surface area (TPSA) is 78.4 Å². The summed E-state index contributed by atoms with van der Waals surface area (Å²) in [7, 11) is 0. The normalized spacial score (nSPS) is 28.5. The Bertz CT molecular complexity index is 353. The highest BCUT2D eigenvalue weighted by Gasteiger charge is 2.39. The van der Waals surface area contributed by atoms with Crippen LogP contribution >= 0.6 is 0 Å². The van der Waals surface area contributed by atoms with Crippen molar-refractivity contribution in [3.63, 3.8) is 0 Å². The van der Waals surface area contributed by atoms with Crippen LogP contribution in [-0.4, -0.2) is 29.7 Å². The largest absolute Gasteiger partial charge is 0.481 e. The first-order valence-electron chi connectivity index (χ1n) is 7.25. The van der Waals surface area contributed by atoms with Gasteiger partial charge in [-0.3, -0.25) is 4.79 Å². The minimum Gasteiger partial charge on any atom is -0.481 e. The number of hydrogen-bond acceptors (Lipinski definition) is 2. The molecule has 0 aliphatic heterocycles. The van der Waals surface area contributed by atoms with Crippen molar-refractivity contribution >= 4 is 12.0 Å². The third-order valence-corrected chi connectivity index (χ3v) is 4.59. The minimum atomic E-state index is -0.772. The van der Waals surface area contributed by atoms with Crippen LogP contribution in [-0.2, 0) is 4.79 Å². The highest BCUT2D eigenvalue weighted by atomic mass is 16.4. The number of urea groups is 1. The second-order valence-electron chi connectivity index (χ2n) is 6.37. The molecule has 2 unspecified atom stereocenters. The molecule has 0 bridgehead atoms. The van der Waals surface area contributed by atoms with Crippen molar-refractivity contribution in [3.8, 4) is 0 Å². The van der Waals surface area contributed by atoms with Crippen molar-refractivity contribution in [1.82, 2.24) is 10.6 Å². The Morgan fingerprint density at radius 3 is 2.53 bits per heavy atom. The van der Waals surface area contributed by atoms with Crippen LogP contribution in [0.3, 0.4) is 0 Å². The molecule has 0 spiro atoms. The first-order valence-corrected chi connectivity index (χ1v) is 7.25. The fourth-order valence-corrected chi connectivity index (χ4v) is 3.26. The van der Waals surface area contributed by atoms with E-state index in [0.29, 0.717) is 12.5 Å². The average Bonchev–Trinajstić information content (AvgIpc) is 2.67. The number of carboxylic acid groups (broad SMARTS) is 1. The lowest BCUT2D eigenvalue weighted by Gasteiger charge is -2.40. The predicted molar refractivity (Wildman–Crippen MR) is 71.9 cm³/mol. The van der Waals surface area contributed by atoms with Crippen molar-refractivity contribution in [3.05, 3.63) is 0 Å². The number of amides is 2. The van der Waals surface area contributed by atoms with Gasteiger partial charge in [0, 0.05) is 12.6 Å². The SMILES string of the molecule is CC1CCC(NC(=O)NCC2(CC(=O)O)CCC2)C1. The summed E-state index contributed by atoms with van der Waals surface area (Å²) in [6.45, 7) is 2.68. The summed E-state index contributed by atoms with van der Waals surface area (Å²) in [5, 5.41) is 14.8. The lowest BCUT2D eigenvalue weighted by Crippen LogP contribution is -2.48. The Morgan fingerprint density at radius 2 is 2.05 bits per heavy atom. The minimum absolute atomic E-state index is 0.143. The van der Waals surface area contributed by atoms with E-state index in [2.05, 4.69) is 17.6 Å². The highest BCUT2D eigenvalue weighted by molar-refractivity contribution is 5.74. The van der Waals surface area contributed by atoms with Gasteiger partial charge in [-0.1, -0.05) is 13.3 Å². The number of carbonyl (C=O) groups is 2. The predicted octanol–water partition coefficient (Wildman–Crippen LogP) is 2.12. The van der Waals surface area contributed by atoms with Crippen LogP contribution in [0.5, 0.6) is 0 Å². The summed E-state index contributed by atoms with van der Waals surface area (Å²) in [5.41, 5.74) is -0.202. The van der Waals surface area contributed by atoms with Crippen LogP contribution < -0.4 is 10.6 Å². The summed E-state index contributed by atoms with van der Waals surface area (Å²) in [4.78, 5) is 22.6. The summed E-state index contributed by atoms with van der Waals surface area (Å²) < 4.78 is 0. The van der Waals surface area contributed by atoms with Crippen LogP contribution in [0.4, 0.5) is 4.79 Å². The van der Waals surface area contributed by atoms with E-state index in [0.717, 1.165) is 32.1 Å². The molecule has 3 N–H and O–H groups in total. The number of hydrogen-bond donors (Lipinski definition) is 3. The molecule has 2 saturated carbocycles. The van der Waals surface area contributed by atoms with Crippen molar-refractivity contribution < 1.29 is 14.7 Å². The molecule has 0 aromatic rings. The van der Waals surface area contributed by atoms with Gasteiger partial charge < -0.3 is 15.7 Å². The molecular weight excluding hydrogens is 244 g/mol. The van der Waals surface area contributed by atoms with Crippen molar-refractivity contribution in [1.29, 1.82) is 0 Å². The van der Waals surface area contributed by atoms with Gasteiger partial charge in [-0.2, -0.15) is 0 Å². The third-order valence-electron chi connectivity index (χ3n) is 4.59. The zero-order chi connectivity index (χ0) is 13.9. The van der Waals surface area contributed by atoms with E-state index in [1.807, 2.05) is 0 Å². The zero-order valence-electron chi connectivity index (χ0n) is 11.6. The molecule has 2 aliphatic rings. The molecule has 2 fully saturated rings. The number of carboxylic acids is 1. The van der Waals surface area contributed by atoms with Gasteiger partial charge in [0.25, 0.3) is 0 Å². The van der Waals surface area contributed by atoms with Crippen LogP contribution in [0.15, 0.2) is 0 Å². The molecule has 0 radical (unpaired) electrons. The standard InChI is InChI=1S/C14H24N2O3/c1-10-3-4-11(7-10)16-13(19)15-9-14(5-2-6-14)8-12(17)18/h10-11H,2-9H2,1H3,(H,17,18)(H2,15,16,19). The fraction of sp³-hybridized carbons (Fsp3) is 0.857. The summed E-state index contributed by atoms with van der Waals surface area (Å²) in [6.07, 6.45) is 6.31. The number of carbonyl (C=O) groups excluding carboxylic acids is 1. The first-order chi connectivity index (χ1) is 8.99. The highest BCUT2D eigenvalue weighted by Crippen LogP contribution is 2.43. The molecule has 2 amide bonds. The smallest absolute Gasteiger partial charge is 0.315 e. The van der Waals surface area contributed by atoms with Crippen LogP contribution in [0.2, 0.25) is 0 Å². The molecule has 2 atom stereocenters. The summed E-state index contributed by atoms with van der Waals surface area (Å²) in [6, 6.07) is 0.141. The third kappa shape index (κ3) is 3.85. The number of aliphatic carboxylic acids is 1. The van der Waals surface area contributed by atoms with E-state index < -0.39 is 5.97 Å². The molecular formula is C14H24N2O3. The van der Waals surface area contributed by atoms with Crippen molar-refractivity contribution in [2.24, 2.45) is 11.3 Å². The van der Waals surface area contributed by atoms with Gasteiger partial charge >= 0.3 is 12.0 Å². The van der Waals surface area contributed by atoms with Gasteiger partial charge in [-0.05, 0) is 43.4 Å². The Labute approximate surface area is 114 Å². The summed E-state index contributed by atoms with van der Waals surface area (Å²) >= 11 is 0. The van der Waals surface area contributed by atoms with Crippen LogP contribution in [0.25, 0.3) is 0 Å². The second kappa shape index (κ2) is 5.80. The molecule has 5 heteroatoms. The Kier molecular flexibility index (Phi) is 4.32. The van der Waals surface area contributed by atoms with E-state index in [1.165, 1.54) is 6.42 Å². The zero-order valence-corrected chi connectivity index (χ0v) is 11.6. The van der Waals surface area contributed by atoms with Gasteiger partial charge in [0.1, 0.15) is 0 Å². The molecule has 19 heavy (non-hydrogen) atoms. The van der Waals surface area contributed by atoms with Crippen LogP contribution in [0.1, 0.15) is 51.9 Å². The molecule has 5 nitrogen and oxygen atoms in total.